The van der Waals surface area contributed by atoms with Gasteiger partial charge in [-0.2, -0.15) is 0 Å². The largest absolute Gasteiger partial charge is 0.444 e. The SMILES string of the molecule is CNC(=O)[C@@H](Cc1cc(F)c(F)c(F)c1)NC(=O)C[C@@H]1CCC2(CCN(C(=O)OC(C)(C)C)CC2)C1. The Morgan fingerprint density at radius 3 is 2.28 bits per heavy atom. The van der Waals surface area contributed by atoms with Crippen LogP contribution in [0.1, 0.15) is 64.9 Å². The molecule has 1 spiro atoms. The second-order valence-electron chi connectivity index (χ2n) is 11.1. The number of nitrogens with one attached hydrogen (secondary N) is 2. The van der Waals surface area contributed by atoms with Gasteiger partial charge in [0.15, 0.2) is 17.5 Å². The van der Waals surface area contributed by atoms with Crippen molar-refractivity contribution < 1.29 is 32.3 Å². The van der Waals surface area contributed by atoms with Crippen LogP contribution in [0.4, 0.5) is 18.0 Å². The topological polar surface area (TPSA) is 87.7 Å². The number of ether oxygens (including phenoxy) is 1. The van der Waals surface area contributed by atoms with E-state index >= 15 is 0 Å². The zero-order chi connectivity index (χ0) is 26.7. The van der Waals surface area contributed by atoms with Crippen LogP contribution >= 0.6 is 0 Å². The Hall–Kier alpha value is -2.78. The highest BCUT2D eigenvalue weighted by molar-refractivity contribution is 5.87. The van der Waals surface area contributed by atoms with Gasteiger partial charge in [-0.1, -0.05) is 0 Å². The maximum atomic E-state index is 13.6. The Morgan fingerprint density at radius 2 is 1.72 bits per heavy atom. The summed E-state index contributed by atoms with van der Waals surface area (Å²) >= 11 is 0. The second-order valence-corrected chi connectivity index (χ2v) is 11.1. The van der Waals surface area contributed by atoms with Crippen LogP contribution in [-0.4, -0.2) is 54.6 Å². The predicted molar refractivity (Wildman–Crippen MR) is 127 cm³/mol. The van der Waals surface area contributed by atoms with Crippen molar-refractivity contribution in [2.75, 3.05) is 20.1 Å². The summed E-state index contributed by atoms with van der Waals surface area (Å²) in [5.74, 6) is -4.96. The van der Waals surface area contributed by atoms with E-state index in [1.54, 1.807) is 4.90 Å². The molecule has 3 amide bonds. The van der Waals surface area contributed by atoms with Gasteiger partial charge in [0.25, 0.3) is 0 Å². The highest BCUT2D eigenvalue weighted by Crippen LogP contribution is 2.49. The fourth-order valence-corrected chi connectivity index (χ4v) is 5.31. The Labute approximate surface area is 210 Å². The van der Waals surface area contributed by atoms with Crippen molar-refractivity contribution in [3.8, 4) is 0 Å². The molecule has 0 radical (unpaired) electrons. The van der Waals surface area contributed by atoms with Crippen LogP contribution in [0.3, 0.4) is 0 Å². The number of carbonyl (C=O) groups excluding carboxylic acids is 3. The van der Waals surface area contributed by atoms with Gasteiger partial charge in [0, 0.05) is 33.0 Å². The lowest BCUT2D eigenvalue weighted by Gasteiger charge is -2.40. The molecule has 1 saturated heterocycles. The lowest BCUT2D eigenvalue weighted by atomic mass is 9.76. The summed E-state index contributed by atoms with van der Waals surface area (Å²) in [7, 11) is 1.40. The van der Waals surface area contributed by atoms with Crippen molar-refractivity contribution in [1.29, 1.82) is 0 Å². The molecule has 1 aromatic carbocycles. The molecular weight excluding hydrogens is 475 g/mol. The molecule has 36 heavy (non-hydrogen) atoms. The molecular formula is C26H36F3N3O4. The second kappa shape index (κ2) is 11.1. The van der Waals surface area contributed by atoms with Gasteiger partial charge in [0.1, 0.15) is 11.6 Å². The first-order chi connectivity index (χ1) is 16.8. The zero-order valence-electron chi connectivity index (χ0n) is 21.4. The minimum Gasteiger partial charge on any atom is -0.444 e. The first-order valence-corrected chi connectivity index (χ1v) is 12.4. The first-order valence-electron chi connectivity index (χ1n) is 12.4. The number of carbonyl (C=O) groups is 3. The van der Waals surface area contributed by atoms with Gasteiger partial charge in [0.2, 0.25) is 11.8 Å². The Kier molecular flexibility index (Phi) is 8.56. The number of amides is 3. The number of piperidine rings is 1. The van der Waals surface area contributed by atoms with Crippen LogP contribution < -0.4 is 10.6 Å². The van der Waals surface area contributed by atoms with Gasteiger partial charge >= 0.3 is 6.09 Å². The molecule has 1 saturated carbocycles. The summed E-state index contributed by atoms with van der Waals surface area (Å²) in [4.78, 5) is 39.2. The smallest absolute Gasteiger partial charge is 0.410 e. The van der Waals surface area contributed by atoms with Gasteiger partial charge in [-0.15, -0.1) is 0 Å². The van der Waals surface area contributed by atoms with E-state index in [2.05, 4.69) is 10.6 Å². The van der Waals surface area contributed by atoms with Crippen LogP contribution in [0, 0.1) is 28.8 Å². The van der Waals surface area contributed by atoms with Crippen LogP contribution in [-0.2, 0) is 20.7 Å². The molecule has 1 aliphatic carbocycles. The third kappa shape index (κ3) is 7.13. The maximum absolute atomic E-state index is 13.6. The van der Waals surface area contributed by atoms with Gasteiger partial charge < -0.3 is 20.3 Å². The van der Waals surface area contributed by atoms with E-state index in [1.807, 2.05) is 20.8 Å². The molecule has 1 heterocycles. The van der Waals surface area contributed by atoms with E-state index < -0.39 is 35.0 Å². The summed E-state index contributed by atoms with van der Waals surface area (Å²) in [6, 6.07) is 0.606. The highest BCUT2D eigenvalue weighted by Gasteiger charge is 2.43. The van der Waals surface area contributed by atoms with Crippen LogP contribution in [0.25, 0.3) is 0 Å². The standard InChI is InChI=1S/C26H36F3N3O4/c1-25(2,3)36-24(35)32-9-7-26(8-10-32)6-5-16(15-26)14-21(33)31-20(23(34)30-4)13-17-11-18(27)22(29)19(28)12-17/h11-12,16,20H,5-10,13-15H2,1-4H3,(H,30,34)(H,31,33)/t16-,20+/m0/s1. The number of rotatable bonds is 6. The Balaban J connectivity index is 1.53. The first kappa shape index (κ1) is 27.8. The number of hydrogen-bond acceptors (Lipinski definition) is 4. The number of benzene rings is 1. The van der Waals surface area contributed by atoms with E-state index in [1.165, 1.54) is 7.05 Å². The number of likely N-dealkylation sites (tertiary alicyclic amines) is 1. The molecule has 2 aliphatic rings. The number of halogens is 3. The van der Waals surface area contributed by atoms with Crippen LogP contribution in [0.2, 0.25) is 0 Å². The normalized spacial score (nSPS) is 20.2. The molecule has 2 atom stereocenters. The van der Waals surface area contributed by atoms with Crippen LogP contribution in [0.15, 0.2) is 12.1 Å². The Morgan fingerprint density at radius 1 is 1.11 bits per heavy atom. The van der Waals surface area contributed by atoms with Gasteiger partial charge in [-0.25, -0.2) is 18.0 Å². The van der Waals surface area contributed by atoms with E-state index in [4.69, 9.17) is 4.74 Å². The van der Waals surface area contributed by atoms with E-state index in [0.717, 1.165) is 44.2 Å². The Bertz CT molecular complexity index is 964. The molecule has 1 aromatic rings. The lowest BCUT2D eigenvalue weighted by Crippen LogP contribution is -2.47. The molecule has 200 valence electrons. The van der Waals surface area contributed by atoms with Gasteiger partial charge in [-0.3, -0.25) is 9.59 Å². The fraction of sp³-hybridized carbons (Fsp3) is 0.654. The van der Waals surface area contributed by atoms with E-state index in [0.29, 0.717) is 13.1 Å². The third-order valence-corrected chi connectivity index (χ3v) is 7.14. The number of hydrogen-bond donors (Lipinski definition) is 2. The van der Waals surface area contributed by atoms with Crippen molar-refractivity contribution in [3.05, 3.63) is 35.1 Å². The summed E-state index contributed by atoms with van der Waals surface area (Å²) in [6.07, 6.45) is 4.18. The summed E-state index contributed by atoms with van der Waals surface area (Å²) in [5.41, 5.74) is -0.381. The van der Waals surface area contributed by atoms with Crippen molar-refractivity contribution in [1.82, 2.24) is 15.5 Å². The minimum atomic E-state index is -1.58. The molecule has 0 unspecified atom stereocenters. The van der Waals surface area contributed by atoms with E-state index in [9.17, 15) is 27.6 Å². The van der Waals surface area contributed by atoms with Crippen molar-refractivity contribution in [2.24, 2.45) is 11.3 Å². The predicted octanol–water partition coefficient (Wildman–Crippen LogP) is 4.08. The maximum Gasteiger partial charge on any atom is 0.410 e. The van der Waals surface area contributed by atoms with Gasteiger partial charge in [0.05, 0.1) is 0 Å². The fourth-order valence-electron chi connectivity index (χ4n) is 5.31. The average molecular weight is 512 g/mol. The monoisotopic (exact) mass is 511 g/mol. The zero-order valence-corrected chi connectivity index (χ0v) is 21.4. The minimum absolute atomic E-state index is 0.0665. The molecule has 2 fully saturated rings. The number of nitrogens with zero attached hydrogens (tertiary/aromatic N) is 1. The molecule has 0 bridgehead atoms. The molecule has 2 N–H and O–H groups in total. The van der Waals surface area contributed by atoms with Crippen molar-refractivity contribution in [2.45, 2.75) is 77.4 Å². The molecule has 3 rings (SSSR count). The summed E-state index contributed by atoms with van der Waals surface area (Å²) in [5, 5.41) is 5.11. The van der Waals surface area contributed by atoms with Crippen molar-refractivity contribution >= 4 is 17.9 Å². The van der Waals surface area contributed by atoms with E-state index in [-0.39, 0.29) is 41.7 Å². The lowest BCUT2D eigenvalue weighted by molar-refractivity contribution is -0.129. The highest BCUT2D eigenvalue weighted by atomic mass is 19.2. The average Bonchev–Trinajstić information content (AvgIpc) is 3.17. The van der Waals surface area contributed by atoms with Crippen LogP contribution in [0.5, 0.6) is 0 Å². The molecule has 1 aliphatic heterocycles. The molecule has 10 heteroatoms. The van der Waals surface area contributed by atoms with Crippen molar-refractivity contribution in [3.63, 3.8) is 0 Å². The molecule has 7 nitrogen and oxygen atoms in total. The molecule has 0 aromatic heterocycles. The third-order valence-electron chi connectivity index (χ3n) is 7.14. The summed E-state index contributed by atoms with van der Waals surface area (Å²) in [6.45, 7) is 6.77. The quantitative estimate of drug-likeness (QED) is 0.564. The summed E-state index contributed by atoms with van der Waals surface area (Å²) < 4.78 is 45.9. The number of likely N-dealkylation sites (N-methyl/N-ethyl adjacent to an activating group) is 1. The van der Waals surface area contributed by atoms with Gasteiger partial charge in [-0.05, 0) is 81.9 Å².